The van der Waals surface area contributed by atoms with E-state index in [2.05, 4.69) is 39.7 Å². The van der Waals surface area contributed by atoms with Gasteiger partial charge in [-0.1, -0.05) is 0 Å². The summed E-state index contributed by atoms with van der Waals surface area (Å²) >= 11 is 3.44. The third-order valence-corrected chi connectivity index (χ3v) is 2.97. The highest BCUT2D eigenvalue weighted by Gasteiger charge is 2.06. The van der Waals surface area contributed by atoms with Crippen LogP contribution in [0.1, 0.15) is 31.4 Å². The van der Waals surface area contributed by atoms with Gasteiger partial charge in [-0.15, -0.1) is 0 Å². The number of aromatic nitrogens is 1. The number of halogens is 1. The minimum atomic E-state index is -0.703. The van der Waals surface area contributed by atoms with Crippen molar-refractivity contribution in [3.63, 3.8) is 0 Å². The molecule has 0 unspecified atom stereocenters. The lowest BCUT2D eigenvalue weighted by Gasteiger charge is -2.01. The fraction of sp³-hybridized carbons (Fsp3) is 0.500. The molecule has 88 valence electrons. The molecule has 1 heterocycles. The second-order valence-corrected chi connectivity index (χ2v) is 4.80. The van der Waals surface area contributed by atoms with Crippen molar-refractivity contribution in [3.05, 3.63) is 28.5 Å². The van der Waals surface area contributed by atoms with Crippen LogP contribution in [0.15, 0.2) is 22.8 Å². The standard InChI is InChI=1S/C12H16BrNO2/c1-10-6-7-11(13)9-14(10)8-4-2-3-5-12(15)16/h6-7,9H,2-5,8H2,1H3/p+1. The maximum Gasteiger partial charge on any atom is 0.303 e. The van der Waals surface area contributed by atoms with Crippen molar-refractivity contribution in [3.8, 4) is 0 Å². The van der Waals surface area contributed by atoms with E-state index in [1.807, 2.05) is 6.07 Å². The lowest BCUT2D eigenvalue weighted by Crippen LogP contribution is -2.36. The largest absolute Gasteiger partial charge is 0.481 e. The molecule has 1 aromatic heterocycles. The Morgan fingerprint density at radius 2 is 2.12 bits per heavy atom. The Balaban J connectivity index is 2.31. The normalized spacial score (nSPS) is 10.4. The van der Waals surface area contributed by atoms with Gasteiger partial charge in [-0.05, 0) is 34.8 Å². The van der Waals surface area contributed by atoms with E-state index in [0.29, 0.717) is 0 Å². The van der Waals surface area contributed by atoms with Gasteiger partial charge in [0.2, 0.25) is 0 Å². The average molecular weight is 287 g/mol. The second-order valence-electron chi connectivity index (χ2n) is 3.89. The summed E-state index contributed by atoms with van der Waals surface area (Å²) in [5.74, 6) is -0.703. The zero-order valence-electron chi connectivity index (χ0n) is 9.45. The summed E-state index contributed by atoms with van der Waals surface area (Å²) in [4.78, 5) is 10.3. The Morgan fingerprint density at radius 1 is 1.38 bits per heavy atom. The first-order valence-corrected chi connectivity index (χ1v) is 6.26. The summed E-state index contributed by atoms with van der Waals surface area (Å²) in [5.41, 5.74) is 1.22. The molecule has 1 N–H and O–H groups in total. The smallest absolute Gasteiger partial charge is 0.303 e. The highest BCUT2D eigenvalue weighted by molar-refractivity contribution is 9.10. The van der Waals surface area contributed by atoms with E-state index in [9.17, 15) is 4.79 Å². The number of carboxylic acids is 1. The Hall–Kier alpha value is -0.900. The van der Waals surface area contributed by atoms with Crippen LogP contribution in [0.2, 0.25) is 0 Å². The lowest BCUT2D eigenvalue weighted by molar-refractivity contribution is -0.703. The third-order valence-electron chi connectivity index (χ3n) is 2.51. The van der Waals surface area contributed by atoms with Crippen molar-refractivity contribution in [1.29, 1.82) is 0 Å². The van der Waals surface area contributed by atoms with E-state index >= 15 is 0 Å². The van der Waals surface area contributed by atoms with Gasteiger partial charge in [0.05, 0.1) is 4.47 Å². The molecule has 0 aliphatic rings. The predicted molar refractivity (Wildman–Crippen MR) is 65.2 cm³/mol. The molecule has 1 aromatic rings. The molecule has 0 bridgehead atoms. The Kier molecular flexibility index (Phi) is 5.46. The molecule has 0 saturated heterocycles. The molecule has 3 nitrogen and oxygen atoms in total. The number of pyridine rings is 1. The molecule has 0 aliphatic carbocycles. The van der Waals surface area contributed by atoms with Gasteiger partial charge in [-0.3, -0.25) is 4.79 Å². The second kappa shape index (κ2) is 6.63. The molecule has 0 amide bonds. The maximum atomic E-state index is 10.3. The molecule has 0 saturated carbocycles. The quantitative estimate of drug-likeness (QED) is 0.645. The van der Waals surface area contributed by atoms with Crippen LogP contribution in [0, 0.1) is 6.92 Å². The number of rotatable bonds is 6. The fourth-order valence-electron chi connectivity index (χ4n) is 1.57. The van der Waals surface area contributed by atoms with Gasteiger partial charge in [0.25, 0.3) is 0 Å². The lowest BCUT2D eigenvalue weighted by atomic mass is 10.2. The number of nitrogens with zero attached hydrogens (tertiary/aromatic N) is 1. The van der Waals surface area contributed by atoms with Gasteiger partial charge < -0.3 is 5.11 Å². The van der Waals surface area contributed by atoms with E-state index in [1.165, 1.54) is 5.69 Å². The van der Waals surface area contributed by atoms with Crippen LogP contribution in [-0.2, 0) is 11.3 Å². The van der Waals surface area contributed by atoms with Gasteiger partial charge in [0.1, 0.15) is 6.54 Å². The van der Waals surface area contributed by atoms with Crippen molar-refractivity contribution < 1.29 is 14.5 Å². The van der Waals surface area contributed by atoms with E-state index in [0.717, 1.165) is 30.3 Å². The fourth-order valence-corrected chi connectivity index (χ4v) is 1.95. The first-order valence-electron chi connectivity index (χ1n) is 5.47. The SMILES string of the molecule is Cc1ccc(Br)c[n+]1CCCCCC(=O)O. The summed E-state index contributed by atoms with van der Waals surface area (Å²) < 4.78 is 3.26. The Bertz CT molecular complexity index is 366. The van der Waals surface area contributed by atoms with Crippen molar-refractivity contribution in [2.24, 2.45) is 0 Å². The molecule has 0 radical (unpaired) electrons. The first kappa shape index (κ1) is 13.2. The number of unbranched alkanes of at least 4 members (excludes halogenated alkanes) is 2. The minimum Gasteiger partial charge on any atom is -0.481 e. The van der Waals surface area contributed by atoms with Gasteiger partial charge in [0, 0.05) is 25.8 Å². The number of hydrogen-bond acceptors (Lipinski definition) is 1. The number of aliphatic carboxylic acids is 1. The van der Waals surface area contributed by atoms with Gasteiger partial charge >= 0.3 is 5.97 Å². The number of hydrogen-bond donors (Lipinski definition) is 1. The van der Waals surface area contributed by atoms with Gasteiger partial charge in [-0.25, -0.2) is 4.57 Å². The van der Waals surface area contributed by atoms with Crippen LogP contribution in [0.3, 0.4) is 0 Å². The topological polar surface area (TPSA) is 41.2 Å². The number of aryl methyl sites for hydroxylation is 2. The highest BCUT2D eigenvalue weighted by Crippen LogP contribution is 2.06. The minimum absolute atomic E-state index is 0.280. The third kappa shape index (κ3) is 4.75. The van der Waals surface area contributed by atoms with Crippen molar-refractivity contribution in [1.82, 2.24) is 0 Å². The van der Waals surface area contributed by atoms with Gasteiger partial charge in [0.15, 0.2) is 11.9 Å². The average Bonchev–Trinajstić information content (AvgIpc) is 2.22. The van der Waals surface area contributed by atoms with E-state index in [4.69, 9.17) is 5.11 Å². The summed E-state index contributed by atoms with van der Waals surface area (Å²) in [6.07, 6.45) is 5.10. The molecule has 0 aromatic carbocycles. The van der Waals surface area contributed by atoms with Crippen molar-refractivity contribution >= 4 is 21.9 Å². The van der Waals surface area contributed by atoms with E-state index in [1.54, 1.807) is 0 Å². The predicted octanol–water partition coefficient (Wildman–Crippen LogP) is 2.69. The molecule has 0 aliphatic heterocycles. The maximum absolute atomic E-state index is 10.3. The van der Waals surface area contributed by atoms with Crippen LogP contribution < -0.4 is 4.57 Å². The molecule has 0 spiro atoms. The number of carbonyl (C=O) groups is 1. The first-order chi connectivity index (χ1) is 7.59. The molecular weight excluding hydrogens is 270 g/mol. The van der Waals surface area contributed by atoms with Crippen molar-refractivity contribution in [2.75, 3.05) is 0 Å². The summed E-state index contributed by atoms with van der Waals surface area (Å²) in [7, 11) is 0. The highest BCUT2D eigenvalue weighted by atomic mass is 79.9. The van der Waals surface area contributed by atoms with Crippen LogP contribution in [0.25, 0.3) is 0 Å². The summed E-state index contributed by atoms with van der Waals surface area (Å²) in [5, 5.41) is 8.50. The van der Waals surface area contributed by atoms with Crippen molar-refractivity contribution in [2.45, 2.75) is 39.2 Å². The van der Waals surface area contributed by atoms with Gasteiger partial charge in [-0.2, -0.15) is 0 Å². The van der Waals surface area contributed by atoms with E-state index in [-0.39, 0.29) is 6.42 Å². The van der Waals surface area contributed by atoms with Crippen LogP contribution in [-0.4, -0.2) is 11.1 Å². The van der Waals surface area contributed by atoms with Crippen LogP contribution in [0.5, 0.6) is 0 Å². The summed E-state index contributed by atoms with van der Waals surface area (Å²) in [6, 6.07) is 4.09. The van der Waals surface area contributed by atoms with E-state index < -0.39 is 5.97 Å². The molecule has 4 heteroatoms. The zero-order valence-corrected chi connectivity index (χ0v) is 11.0. The molecule has 1 rings (SSSR count). The Labute approximate surface area is 104 Å². The summed E-state index contributed by atoms with van der Waals surface area (Å²) in [6.45, 7) is 3.02. The Morgan fingerprint density at radius 3 is 2.81 bits per heavy atom. The van der Waals surface area contributed by atoms with Crippen LogP contribution >= 0.6 is 15.9 Å². The van der Waals surface area contributed by atoms with Crippen LogP contribution in [0.4, 0.5) is 0 Å². The monoisotopic (exact) mass is 286 g/mol. The molecule has 0 fully saturated rings. The molecular formula is C12H17BrNO2+. The molecule has 16 heavy (non-hydrogen) atoms. The number of carboxylic acid groups (broad SMARTS) is 1. The zero-order chi connectivity index (χ0) is 12.0. The molecule has 0 atom stereocenters.